The van der Waals surface area contributed by atoms with E-state index in [1.165, 1.54) is 5.56 Å². The number of pyridine rings is 1. The number of anilines is 1. The molecule has 0 aliphatic carbocycles. The third kappa shape index (κ3) is 4.46. The zero-order valence-corrected chi connectivity index (χ0v) is 12.6. The van der Waals surface area contributed by atoms with E-state index < -0.39 is 0 Å². The van der Waals surface area contributed by atoms with Gasteiger partial charge in [-0.15, -0.1) is 0 Å². The molecular weight excluding hydrogens is 264 g/mol. The van der Waals surface area contributed by atoms with Gasteiger partial charge in [0.25, 0.3) is 5.56 Å². The molecule has 0 bridgehead atoms. The Morgan fingerprint density at radius 3 is 2.76 bits per heavy atom. The predicted octanol–water partition coefficient (Wildman–Crippen LogP) is 3.02. The Hall–Kier alpha value is -2.07. The normalized spacial score (nSPS) is 10.6. The second kappa shape index (κ2) is 7.64. The lowest BCUT2D eigenvalue weighted by molar-refractivity contribution is 0.185. The van der Waals surface area contributed by atoms with Gasteiger partial charge in [-0.2, -0.15) is 0 Å². The van der Waals surface area contributed by atoms with Crippen LogP contribution in [-0.2, 0) is 24.4 Å². The van der Waals surface area contributed by atoms with Crippen molar-refractivity contribution in [2.75, 3.05) is 12.4 Å². The van der Waals surface area contributed by atoms with Gasteiger partial charge in [-0.25, -0.2) is 0 Å². The van der Waals surface area contributed by atoms with Crippen molar-refractivity contribution in [3.8, 4) is 0 Å². The van der Waals surface area contributed by atoms with Crippen LogP contribution in [0.3, 0.4) is 0 Å². The van der Waals surface area contributed by atoms with Gasteiger partial charge in [0, 0.05) is 32.5 Å². The van der Waals surface area contributed by atoms with E-state index in [-0.39, 0.29) is 5.56 Å². The molecule has 21 heavy (non-hydrogen) atoms. The molecule has 0 aliphatic rings. The summed E-state index contributed by atoms with van der Waals surface area (Å²) >= 11 is 0. The summed E-state index contributed by atoms with van der Waals surface area (Å²) in [6.07, 6.45) is 2.83. The molecule has 0 radical (unpaired) electrons. The van der Waals surface area contributed by atoms with Gasteiger partial charge in [0.2, 0.25) is 0 Å². The molecule has 0 fully saturated rings. The zero-order valence-electron chi connectivity index (χ0n) is 12.6. The van der Waals surface area contributed by atoms with Gasteiger partial charge in [-0.05, 0) is 23.6 Å². The number of ether oxygens (including phenoxy) is 1. The smallest absolute Gasteiger partial charge is 0.250 e. The molecule has 2 rings (SSSR count). The fourth-order valence-corrected chi connectivity index (χ4v) is 2.25. The van der Waals surface area contributed by atoms with Crippen LogP contribution < -0.4 is 10.9 Å². The zero-order chi connectivity index (χ0) is 15.1. The first-order valence-corrected chi connectivity index (χ1v) is 7.24. The minimum Gasteiger partial charge on any atom is -0.380 e. The molecule has 0 saturated carbocycles. The Balaban J connectivity index is 2.04. The molecule has 1 aromatic heterocycles. The van der Waals surface area contributed by atoms with Crippen LogP contribution in [0.25, 0.3) is 0 Å². The van der Waals surface area contributed by atoms with Crippen molar-refractivity contribution in [1.82, 2.24) is 4.57 Å². The van der Waals surface area contributed by atoms with Gasteiger partial charge in [-0.3, -0.25) is 4.79 Å². The monoisotopic (exact) mass is 286 g/mol. The van der Waals surface area contributed by atoms with E-state index in [9.17, 15) is 4.79 Å². The van der Waals surface area contributed by atoms with Crippen LogP contribution in [0, 0.1) is 0 Å². The highest BCUT2D eigenvalue weighted by Gasteiger charge is 1.99. The lowest BCUT2D eigenvalue weighted by Crippen LogP contribution is -2.18. The maximum atomic E-state index is 11.7. The first-order chi connectivity index (χ1) is 10.2. The second-order valence-electron chi connectivity index (χ2n) is 5.06. The topological polar surface area (TPSA) is 43.3 Å². The Morgan fingerprint density at radius 1 is 1.19 bits per heavy atom. The summed E-state index contributed by atoms with van der Waals surface area (Å²) in [5.41, 5.74) is 3.36. The fourth-order valence-electron chi connectivity index (χ4n) is 2.25. The standard InChI is InChI=1S/C17H22N2O2/c1-3-9-19-12-16(7-8-17(19)20)18-11-14-5-4-6-15(10-14)13-21-2/h4-8,10,12,18H,3,9,11,13H2,1-2H3. The molecule has 4 nitrogen and oxygen atoms in total. The van der Waals surface area contributed by atoms with Crippen molar-refractivity contribution in [1.29, 1.82) is 0 Å². The lowest BCUT2D eigenvalue weighted by atomic mass is 10.1. The molecule has 0 amide bonds. The Labute approximate surface area is 125 Å². The summed E-state index contributed by atoms with van der Waals surface area (Å²) in [6, 6.07) is 11.7. The maximum Gasteiger partial charge on any atom is 0.250 e. The quantitative estimate of drug-likeness (QED) is 0.851. The fraction of sp³-hybridized carbons (Fsp3) is 0.353. The summed E-state index contributed by atoms with van der Waals surface area (Å²) in [5.74, 6) is 0. The number of hydrogen-bond acceptors (Lipinski definition) is 3. The van der Waals surface area contributed by atoms with Crippen LogP contribution >= 0.6 is 0 Å². The van der Waals surface area contributed by atoms with E-state index in [1.54, 1.807) is 17.7 Å². The number of rotatable bonds is 7. The Bertz CT molecular complexity index is 635. The van der Waals surface area contributed by atoms with E-state index in [0.717, 1.165) is 30.8 Å². The van der Waals surface area contributed by atoms with E-state index in [0.29, 0.717) is 6.61 Å². The summed E-state index contributed by atoms with van der Waals surface area (Å²) in [7, 11) is 1.70. The highest BCUT2D eigenvalue weighted by Crippen LogP contribution is 2.10. The van der Waals surface area contributed by atoms with Gasteiger partial charge in [0.15, 0.2) is 0 Å². The molecule has 2 aromatic rings. The van der Waals surface area contributed by atoms with Crippen LogP contribution in [0.5, 0.6) is 0 Å². The van der Waals surface area contributed by atoms with Crippen LogP contribution in [0.4, 0.5) is 5.69 Å². The molecular formula is C17H22N2O2. The number of nitrogens with one attached hydrogen (secondary N) is 1. The first kappa shape index (κ1) is 15.3. The minimum atomic E-state index is 0.0458. The highest BCUT2D eigenvalue weighted by molar-refractivity contribution is 5.41. The number of aromatic nitrogens is 1. The number of methoxy groups -OCH3 is 1. The highest BCUT2D eigenvalue weighted by atomic mass is 16.5. The molecule has 0 unspecified atom stereocenters. The van der Waals surface area contributed by atoms with Crippen molar-refractivity contribution in [2.45, 2.75) is 33.0 Å². The predicted molar refractivity (Wildman–Crippen MR) is 85.5 cm³/mol. The molecule has 0 saturated heterocycles. The van der Waals surface area contributed by atoms with Crippen molar-refractivity contribution < 1.29 is 4.74 Å². The summed E-state index contributed by atoms with van der Waals surface area (Å²) in [6.45, 7) is 4.16. The van der Waals surface area contributed by atoms with E-state index in [2.05, 4.69) is 30.4 Å². The van der Waals surface area contributed by atoms with E-state index >= 15 is 0 Å². The van der Waals surface area contributed by atoms with Gasteiger partial charge in [0.1, 0.15) is 0 Å². The van der Waals surface area contributed by atoms with Crippen molar-refractivity contribution in [3.05, 3.63) is 64.1 Å². The Kier molecular flexibility index (Phi) is 5.58. The largest absolute Gasteiger partial charge is 0.380 e. The lowest BCUT2D eigenvalue weighted by Gasteiger charge is -2.10. The molecule has 1 N–H and O–H groups in total. The SMILES string of the molecule is CCCn1cc(NCc2cccc(COC)c2)ccc1=O. The van der Waals surface area contributed by atoms with Gasteiger partial charge in [-0.1, -0.05) is 31.2 Å². The van der Waals surface area contributed by atoms with Crippen molar-refractivity contribution >= 4 is 5.69 Å². The number of benzene rings is 1. The molecule has 1 heterocycles. The van der Waals surface area contributed by atoms with Crippen LogP contribution in [-0.4, -0.2) is 11.7 Å². The van der Waals surface area contributed by atoms with Crippen molar-refractivity contribution in [2.24, 2.45) is 0 Å². The van der Waals surface area contributed by atoms with Crippen molar-refractivity contribution in [3.63, 3.8) is 0 Å². The molecule has 4 heteroatoms. The van der Waals surface area contributed by atoms with Gasteiger partial charge in [0.05, 0.1) is 12.3 Å². The summed E-state index contributed by atoms with van der Waals surface area (Å²) in [5, 5.41) is 3.36. The molecule has 112 valence electrons. The summed E-state index contributed by atoms with van der Waals surface area (Å²) < 4.78 is 6.88. The third-order valence-electron chi connectivity index (χ3n) is 3.25. The number of hydrogen-bond donors (Lipinski definition) is 1. The minimum absolute atomic E-state index is 0.0458. The van der Waals surface area contributed by atoms with Crippen LogP contribution in [0.1, 0.15) is 24.5 Å². The second-order valence-corrected chi connectivity index (χ2v) is 5.06. The molecule has 0 spiro atoms. The van der Waals surface area contributed by atoms with Crippen LogP contribution in [0.15, 0.2) is 47.4 Å². The van der Waals surface area contributed by atoms with Gasteiger partial charge < -0.3 is 14.6 Å². The van der Waals surface area contributed by atoms with E-state index in [1.807, 2.05) is 18.3 Å². The average Bonchev–Trinajstić information content (AvgIpc) is 2.49. The first-order valence-electron chi connectivity index (χ1n) is 7.24. The maximum absolute atomic E-state index is 11.7. The number of aryl methyl sites for hydroxylation is 1. The van der Waals surface area contributed by atoms with E-state index in [4.69, 9.17) is 4.74 Å². The third-order valence-corrected chi connectivity index (χ3v) is 3.25. The number of nitrogens with zero attached hydrogens (tertiary/aromatic N) is 1. The average molecular weight is 286 g/mol. The Morgan fingerprint density at radius 2 is 2.00 bits per heavy atom. The molecule has 1 aromatic carbocycles. The van der Waals surface area contributed by atoms with Crippen LogP contribution in [0.2, 0.25) is 0 Å². The molecule has 0 aliphatic heterocycles. The van der Waals surface area contributed by atoms with Gasteiger partial charge >= 0.3 is 0 Å². The summed E-state index contributed by atoms with van der Waals surface area (Å²) in [4.78, 5) is 11.7. The molecule has 0 atom stereocenters.